The van der Waals surface area contributed by atoms with Gasteiger partial charge in [0.2, 0.25) is 0 Å². The molecule has 1 rings (SSSR count). The topological polar surface area (TPSA) is 9.23 Å². The summed E-state index contributed by atoms with van der Waals surface area (Å²) in [5.74, 6) is -1.58. The number of hydrogen-bond donors (Lipinski definition) is 0. The van der Waals surface area contributed by atoms with Crippen molar-refractivity contribution < 1.29 is 13.5 Å². The smallest absolute Gasteiger partial charge is 0.190 e. The van der Waals surface area contributed by atoms with E-state index in [0.29, 0.717) is 5.56 Å². The highest BCUT2D eigenvalue weighted by Crippen LogP contribution is 2.22. The molecular formula is C11H16F2O. The number of hydrogen-bond acceptors (Lipinski definition) is 1. The fourth-order valence-electron chi connectivity index (χ4n) is 0.969. The molecule has 0 aliphatic heterocycles. The summed E-state index contributed by atoms with van der Waals surface area (Å²) >= 11 is 0. The minimum Gasteiger partial charge on any atom is -0.488 e. The summed E-state index contributed by atoms with van der Waals surface area (Å²) in [6, 6.07) is 2.49. The molecule has 0 aliphatic carbocycles. The molecule has 0 N–H and O–H groups in total. The van der Waals surface area contributed by atoms with Gasteiger partial charge in [-0.05, 0) is 31.5 Å². The maximum absolute atomic E-state index is 12.9. The van der Waals surface area contributed by atoms with E-state index in [2.05, 4.69) is 0 Å². The zero-order chi connectivity index (χ0) is 11.1. The quantitative estimate of drug-likeness (QED) is 0.710. The molecule has 0 saturated heterocycles. The number of aryl methyl sites for hydroxylation is 1. The van der Waals surface area contributed by atoms with Crippen molar-refractivity contribution in [3.8, 4) is 5.75 Å². The SMILES string of the molecule is CC.CCOc1c(F)cc(C)cc1F. The molecule has 14 heavy (non-hydrogen) atoms. The van der Waals surface area contributed by atoms with Crippen LogP contribution in [-0.2, 0) is 0 Å². The van der Waals surface area contributed by atoms with E-state index in [0.717, 1.165) is 0 Å². The zero-order valence-corrected chi connectivity index (χ0v) is 9.03. The van der Waals surface area contributed by atoms with Gasteiger partial charge in [0.25, 0.3) is 0 Å². The van der Waals surface area contributed by atoms with E-state index in [-0.39, 0.29) is 12.4 Å². The van der Waals surface area contributed by atoms with Gasteiger partial charge < -0.3 is 4.74 Å². The van der Waals surface area contributed by atoms with Crippen LogP contribution in [-0.4, -0.2) is 6.61 Å². The summed E-state index contributed by atoms with van der Waals surface area (Å²) in [6.45, 7) is 7.57. The lowest BCUT2D eigenvalue weighted by molar-refractivity contribution is 0.302. The van der Waals surface area contributed by atoms with Crippen molar-refractivity contribution in [3.63, 3.8) is 0 Å². The molecule has 0 fully saturated rings. The Hall–Kier alpha value is -1.12. The Morgan fingerprint density at radius 2 is 1.57 bits per heavy atom. The second-order valence-electron chi connectivity index (χ2n) is 2.49. The summed E-state index contributed by atoms with van der Waals surface area (Å²) in [5, 5.41) is 0. The summed E-state index contributed by atoms with van der Waals surface area (Å²) < 4.78 is 30.6. The van der Waals surface area contributed by atoms with Crippen LogP contribution in [0.15, 0.2) is 12.1 Å². The molecule has 3 heteroatoms. The van der Waals surface area contributed by atoms with Crippen LogP contribution in [0.4, 0.5) is 8.78 Å². The predicted octanol–water partition coefficient (Wildman–Crippen LogP) is 3.70. The van der Waals surface area contributed by atoms with Gasteiger partial charge in [-0.15, -0.1) is 0 Å². The van der Waals surface area contributed by atoms with Crippen LogP contribution in [0.3, 0.4) is 0 Å². The molecule has 0 aromatic heterocycles. The van der Waals surface area contributed by atoms with Gasteiger partial charge in [0, 0.05) is 0 Å². The van der Waals surface area contributed by atoms with Crippen LogP contribution in [0.5, 0.6) is 5.75 Å². The highest BCUT2D eigenvalue weighted by atomic mass is 19.1. The maximum atomic E-state index is 12.9. The van der Waals surface area contributed by atoms with Gasteiger partial charge in [-0.3, -0.25) is 0 Å². The van der Waals surface area contributed by atoms with Gasteiger partial charge in [0.05, 0.1) is 6.61 Å². The molecule has 0 saturated carbocycles. The van der Waals surface area contributed by atoms with Crippen LogP contribution < -0.4 is 4.74 Å². The lowest BCUT2D eigenvalue weighted by atomic mass is 10.2. The van der Waals surface area contributed by atoms with Crippen molar-refractivity contribution in [2.24, 2.45) is 0 Å². The van der Waals surface area contributed by atoms with Crippen molar-refractivity contribution in [3.05, 3.63) is 29.3 Å². The van der Waals surface area contributed by atoms with Crippen molar-refractivity contribution in [1.82, 2.24) is 0 Å². The first-order valence-corrected chi connectivity index (χ1v) is 4.73. The van der Waals surface area contributed by atoms with Crippen LogP contribution in [0, 0.1) is 18.6 Å². The van der Waals surface area contributed by atoms with Crippen LogP contribution in [0.25, 0.3) is 0 Å². The number of halogens is 2. The molecule has 0 atom stereocenters. The third kappa shape index (κ3) is 3.32. The first-order valence-electron chi connectivity index (χ1n) is 4.73. The lowest BCUT2D eigenvalue weighted by Crippen LogP contribution is -1.98. The molecule has 0 radical (unpaired) electrons. The molecule has 0 heterocycles. The van der Waals surface area contributed by atoms with Crippen LogP contribution in [0.1, 0.15) is 26.3 Å². The van der Waals surface area contributed by atoms with Gasteiger partial charge in [0.15, 0.2) is 17.4 Å². The van der Waals surface area contributed by atoms with E-state index < -0.39 is 11.6 Å². The summed E-state index contributed by atoms with van der Waals surface area (Å²) in [6.07, 6.45) is 0. The fourth-order valence-corrected chi connectivity index (χ4v) is 0.969. The van der Waals surface area contributed by atoms with E-state index in [9.17, 15) is 8.78 Å². The van der Waals surface area contributed by atoms with Gasteiger partial charge in [-0.2, -0.15) is 0 Å². The normalized spacial score (nSPS) is 9.00. The molecular weight excluding hydrogens is 186 g/mol. The second kappa shape index (κ2) is 6.35. The number of ether oxygens (including phenoxy) is 1. The first kappa shape index (κ1) is 12.9. The average Bonchev–Trinajstić information content (AvgIpc) is 2.14. The second-order valence-corrected chi connectivity index (χ2v) is 2.49. The van der Waals surface area contributed by atoms with E-state index in [1.165, 1.54) is 12.1 Å². The fraction of sp³-hybridized carbons (Fsp3) is 0.455. The molecule has 1 nitrogen and oxygen atoms in total. The molecule has 0 spiro atoms. The minimum atomic E-state index is -0.644. The molecule has 0 aliphatic rings. The lowest BCUT2D eigenvalue weighted by Gasteiger charge is -2.05. The Morgan fingerprint density at radius 3 is 1.93 bits per heavy atom. The Labute approximate surface area is 83.7 Å². The van der Waals surface area contributed by atoms with Crippen molar-refractivity contribution in [1.29, 1.82) is 0 Å². The minimum absolute atomic E-state index is 0.261. The molecule has 1 aromatic carbocycles. The Morgan fingerprint density at radius 1 is 1.14 bits per heavy atom. The van der Waals surface area contributed by atoms with Crippen molar-refractivity contribution >= 4 is 0 Å². The molecule has 1 aromatic rings. The molecule has 80 valence electrons. The summed E-state index contributed by atoms with van der Waals surface area (Å²) in [7, 11) is 0. The molecule has 0 bridgehead atoms. The number of benzene rings is 1. The zero-order valence-electron chi connectivity index (χ0n) is 9.03. The highest BCUT2D eigenvalue weighted by Gasteiger charge is 2.09. The van der Waals surface area contributed by atoms with E-state index in [4.69, 9.17) is 4.74 Å². The standard InChI is InChI=1S/C9H10F2O.C2H6/c1-3-12-9-7(10)4-6(2)5-8(9)11;1-2/h4-5H,3H2,1-2H3;1-2H3. The third-order valence-corrected chi connectivity index (χ3v) is 1.43. The van der Waals surface area contributed by atoms with E-state index in [1.54, 1.807) is 13.8 Å². The van der Waals surface area contributed by atoms with E-state index in [1.807, 2.05) is 13.8 Å². The highest BCUT2D eigenvalue weighted by molar-refractivity contribution is 5.30. The summed E-state index contributed by atoms with van der Waals surface area (Å²) in [4.78, 5) is 0. The van der Waals surface area contributed by atoms with E-state index >= 15 is 0 Å². The molecule has 0 amide bonds. The number of rotatable bonds is 2. The third-order valence-electron chi connectivity index (χ3n) is 1.43. The average molecular weight is 202 g/mol. The van der Waals surface area contributed by atoms with Gasteiger partial charge in [0.1, 0.15) is 0 Å². The Bertz CT molecular complexity index is 262. The van der Waals surface area contributed by atoms with Crippen LogP contribution >= 0.6 is 0 Å². The Balaban J connectivity index is 0.000000791. The van der Waals surface area contributed by atoms with Crippen molar-refractivity contribution in [2.45, 2.75) is 27.7 Å². The van der Waals surface area contributed by atoms with Gasteiger partial charge in [-0.25, -0.2) is 8.78 Å². The summed E-state index contributed by atoms with van der Waals surface area (Å²) in [5.41, 5.74) is 0.549. The predicted molar refractivity (Wildman–Crippen MR) is 53.6 cm³/mol. The largest absolute Gasteiger partial charge is 0.488 e. The Kier molecular flexibility index (Phi) is 5.84. The monoisotopic (exact) mass is 202 g/mol. The van der Waals surface area contributed by atoms with Gasteiger partial charge >= 0.3 is 0 Å². The van der Waals surface area contributed by atoms with Crippen LogP contribution in [0.2, 0.25) is 0 Å². The van der Waals surface area contributed by atoms with Crippen molar-refractivity contribution in [2.75, 3.05) is 6.61 Å². The van der Waals surface area contributed by atoms with Gasteiger partial charge in [-0.1, -0.05) is 13.8 Å². The first-order chi connectivity index (χ1) is 6.65. The molecule has 0 unspecified atom stereocenters. The maximum Gasteiger partial charge on any atom is 0.190 e.